The molecule has 1 rings (SSSR count). The summed E-state index contributed by atoms with van der Waals surface area (Å²) in [6, 6.07) is 1.37. The standard InChI is InChI=1S/C12H23NS/c1-10(2)8-14-9-11(3)13-12-6-4-5-7-12/h4-5,10-13H,6-9H2,1-3H3. The molecule has 1 aliphatic rings. The molecule has 0 radical (unpaired) electrons. The van der Waals surface area contributed by atoms with Crippen LogP contribution in [0.15, 0.2) is 12.2 Å². The number of nitrogens with one attached hydrogen (secondary N) is 1. The molecule has 0 amide bonds. The van der Waals surface area contributed by atoms with Gasteiger partial charge in [-0.25, -0.2) is 0 Å². The molecule has 0 aromatic rings. The minimum Gasteiger partial charge on any atom is -0.310 e. The van der Waals surface area contributed by atoms with Crippen LogP contribution in [0.3, 0.4) is 0 Å². The zero-order valence-corrected chi connectivity index (χ0v) is 10.4. The van der Waals surface area contributed by atoms with Crippen molar-refractivity contribution in [2.24, 2.45) is 5.92 Å². The molecule has 0 bridgehead atoms. The van der Waals surface area contributed by atoms with Crippen LogP contribution in [0.25, 0.3) is 0 Å². The van der Waals surface area contributed by atoms with Crippen LogP contribution in [0.1, 0.15) is 33.6 Å². The van der Waals surface area contributed by atoms with Crippen LogP contribution in [0.2, 0.25) is 0 Å². The van der Waals surface area contributed by atoms with Crippen molar-refractivity contribution in [2.45, 2.75) is 45.7 Å². The third-order valence-electron chi connectivity index (χ3n) is 2.35. The second-order valence-corrected chi connectivity index (χ2v) is 5.71. The van der Waals surface area contributed by atoms with E-state index in [1.165, 1.54) is 24.3 Å². The minimum atomic E-state index is 0.656. The number of hydrogen-bond donors (Lipinski definition) is 1. The van der Waals surface area contributed by atoms with Crippen molar-refractivity contribution in [2.75, 3.05) is 11.5 Å². The third-order valence-corrected chi connectivity index (χ3v) is 3.99. The Labute approximate surface area is 92.7 Å². The van der Waals surface area contributed by atoms with Crippen molar-refractivity contribution < 1.29 is 0 Å². The van der Waals surface area contributed by atoms with Crippen LogP contribution < -0.4 is 5.32 Å². The lowest BCUT2D eigenvalue weighted by molar-refractivity contribution is 0.486. The predicted octanol–water partition coefficient (Wildman–Crippen LogP) is 3.07. The molecule has 1 nitrogen and oxygen atoms in total. The van der Waals surface area contributed by atoms with Crippen LogP contribution >= 0.6 is 11.8 Å². The first-order valence-corrected chi connectivity index (χ1v) is 6.82. The van der Waals surface area contributed by atoms with E-state index in [0.717, 1.165) is 5.92 Å². The molecule has 1 atom stereocenters. The van der Waals surface area contributed by atoms with Gasteiger partial charge in [-0.05, 0) is 31.4 Å². The van der Waals surface area contributed by atoms with Gasteiger partial charge in [0.1, 0.15) is 0 Å². The summed E-state index contributed by atoms with van der Waals surface area (Å²) < 4.78 is 0. The Morgan fingerprint density at radius 2 is 1.86 bits per heavy atom. The normalized spacial score (nSPS) is 19.4. The highest BCUT2D eigenvalue weighted by atomic mass is 32.2. The number of hydrogen-bond acceptors (Lipinski definition) is 2. The summed E-state index contributed by atoms with van der Waals surface area (Å²) in [5, 5.41) is 3.67. The van der Waals surface area contributed by atoms with E-state index in [1.54, 1.807) is 0 Å². The molecule has 1 aliphatic carbocycles. The lowest BCUT2D eigenvalue weighted by Gasteiger charge is -2.19. The molecule has 0 saturated heterocycles. The molecule has 0 saturated carbocycles. The van der Waals surface area contributed by atoms with E-state index in [9.17, 15) is 0 Å². The molecule has 0 spiro atoms. The van der Waals surface area contributed by atoms with Gasteiger partial charge in [-0.1, -0.05) is 26.0 Å². The summed E-state index contributed by atoms with van der Waals surface area (Å²) >= 11 is 2.07. The predicted molar refractivity (Wildman–Crippen MR) is 66.9 cm³/mol. The van der Waals surface area contributed by atoms with Crippen LogP contribution in [0.4, 0.5) is 0 Å². The summed E-state index contributed by atoms with van der Waals surface area (Å²) in [6.07, 6.45) is 7.01. The van der Waals surface area contributed by atoms with Gasteiger partial charge >= 0.3 is 0 Å². The van der Waals surface area contributed by atoms with Crippen molar-refractivity contribution in [1.29, 1.82) is 0 Å². The van der Waals surface area contributed by atoms with Crippen molar-refractivity contribution >= 4 is 11.8 Å². The molecular formula is C12H23NS. The zero-order valence-electron chi connectivity index (χ0n) is 9.62. The first-order valence-electron chi connectivity index (χ1n) is 5.67. The van der Waals surface area contributed by atoms with Crippen molar-refractivity contribution in [3.8, 4) is 0 Å². The van der Waals surface area contributed by atoms with Crippen LogP contribution in [0.5, 0.6) is 0 Å². The molecule has 1 N–H and O–H groups in total. The first-order chi connectivity index (χ1) is 6.68. The molecule has 0 aliphatic heterocycles. The zero-order chi connectivity index (χ0) is 10.4. The maximum atomic E-state index is 3.67. The maximum Gasteiger partial charge on any atom is 0.0139 e. The Kier molecular flexibility index (Phi) is 5.64. The molecule has 1 unspecified atom stereocenters. The fourth-order valence-corrected chi connectivity index (χ4v) is 2.74. The topological polar surface area (TPSA) is 12.0 Å². The van der Waals surface area contributed by atoms with Gasteiger partial charge in [0.2, 0.25) is 0 Å². The molecule has 0 aromatic carbocycles. The van der Waals surface area contributed by atoms with E-state index in [0.29, 0.717) is 12.1 Å². The monoisotopic (exact) mass is 213 g/mol. The molecule has 2 heteroatoms. The van der Waals surface area contributed by atoms with E-state index in [4.69, 9.17) is 0 Å². The van der Waals surface area contributed by atoms with Gasteiger partial charge in [-0.3, -0.25) is 0 Å². The molecule has 14 heavy (non-hydrogen) atoms. The smallest absolute Gasteiger partial charge is 0.0139 e. The second-order valence-electron chi connectivity index (χ2n) is 4.64. The first kappa shape index (κ1) is 12.1. The Morgan fingerprint density at radius 1 is 1.21 bits per heavy atom. The Bertz CT molecular complexity index is 169. The van der Waals surface area contributed by atoms with Crippen LogP contribution in [-0.4, -0.2) is 23.6 Å². The summed E-state index contributed by atoms with van der Waals surface area (Å²) in [5.41, 5.74) is 0. The Morgan fingerprint density at radius 3 is 2.43 bits per heavy atom. The van der Waals surface area contributed by atoms with Crippen molar-refractivity contribution in [3.63, 3.8) is 0 Å². The summed E-state index contributed by atoms with van der Waals surface area (Å²) in [4.78, 5) is 0. The second kappa shape index (κ2) is 6.52. The lowest BCUT2D eigenvalue weighted by atomic mass is 10.2. The average molecular weight is 213 g/mol. The fraction of sp³-hybridized carbons (Fsp3) is 0.833. The highest BCUT2D eigenvalue weighted by Crippen LogP contribution is 2.13. The van der Waals surface area contributed by atoms with Crippen molar-refractivity contribution in [3.05, 3.63) is 12.2 Å². The largest absolute Gasteiger partial charge is 0.310 e. The van der Waals surface area contributed by atoms with Gasteiger partial charge in [-0.15, -0.1) is 0 Å². The summed E-state index contributed by atoms with van der Waals surface area (Å²) in [5.74, 6) is 3.35. The van der Waals surface area contributed by atoms with Gasteiger partial charge < -0.3 is 5.32 Å². The quantitative estimate of drug-likeness (QED) is 0.681. The highest BCUT2D eigenvalue weighted by molar-refractivity contribution is 7.99. The van der Waals surface area contributed by atoms with Gasteiger partial charge in [0.05, 0.1) is 0 Å². The van der Waals surface area contributed by atoms with Gasteiger partial charge in [0.15, 0.2) is 0 Å². The maximum absolute atomic E-state index is 3.67. The highest BCUT2D eigenvalue weighted by Gasteiger charge is 2.12. The Balaban J connectivity index is 2.01. The van der Waals surface area contributed by atoms with Gasteiger partial charge in [-0.2, -0.15) is 11.8 Å². The minimum absolute atomic E-state index is 0.656. The van der Waals surface area contributed by atoms with Gasteiger partial charge in [0, 0.05) is 17.8 Å². The SMILES string of the molecule is CC(C)CSCC(C)NC1CC=CC1. The summed E-state index contributed by atoms with van der Waals surface area (Å²) in [6.45, 7) is 6.86. The lowest BCUT2D eigenvalue weighted by Crippen LogP contribution is -2.36. The number of rotatable bonds is 6. The van der Waals surface area contributed by atoms with Crippen molar-refractivity contribution in [1.82, 2.24) is 5.32 Å². The molecule has 0 fully saturated rings. The van der Waals surface area contributed by atoms with Crippen LogP contribution in [0, 0.1) is 5.92 Å². The van der Waals surface area contributed by atoms with Gasteiger partial charge in [0.25, 0.3) is 0 Å². The third kappa shape index (κ3) is 5.06. The van der Waals surface area contributed by atoms with E-state index in [1.807, 2.05) is 0 Å². The summed E-state index contributed by atoms with van der Waals surface area (Å²) in [7, 11) is 0. The van der Waals surface area contributed by atoms with E-state index >= 15 is 0 Å². The molecule has 0 heterocycles. The fourth-order valence-electron chi connectivity index (χ4n) is 1.68. The van der Waals surface area contributed by atoms with E-state index in [2.05, 4.69) is 50.0 Å². The average Bonchev–Trinajstić information content (AvgIpc) is 2.56. The Hall–Kier alpha value is 0.0500. The molecule has 0 aromatic heterocycles. The van der Waals surface area contributed by atoms with E-state index < -0.39 is 0 Å². The number of thioether (sulfide) groups is 1. The van der Waals surface area contributed by atoms with E-state index in [-0.39, 0.29) is 0 Å². The van der Waals surface area contributed by atoms with Crippen LogP contribution in [-0.2, 0) is 0 Å². The molecule has 82 valence electrons. The molecular weight excluding hydrogens is 190 g/mol.